The van der Waals surface area contributed by atoms with Gasteiger partial charge in [-0.15, -0.1) is 0 Å². The first-order valence-corrected chi connectivity index (χ1v) is 9.88. The number of hydrogen-bond acceptors (Lipinski definition) is 5. The number of nitrogens with zero attached hydrogens (tertiary/aromatic N) is 3. The lowest BCUT2D eigenvalue weighted by molar-refractivity contribution is -0.129. The Labute approximate surface area is 165 Å². The van der Waals surface area contributed by atoms with Gasteiger partial charge >= 0.3 is 0 Å². The summed E-state index contributed by atoms with van der Waals surface area (Å²) in [6.45, 7) is 3.49. The summed E-state index contributed by atoms with van der Waals surface area (Å²) < 4.78 is 12.6. The molecule has 7 heteroatoms. The molecule has 2 aliphatic rings. The van der Waals surface area contributed by atoms with Crippen LogP contribution in [0.4, 0.5) is 0 Å². The van der Waals surface area contributed by atoms with Gasteiger partial charge in [-0.2, -0.15) is 5.10 Å². The van der Waals surface area contributed by atoms with Gasteiger partial charge in [-0.1, -0.05) is 12.1 Å². The van der Waals surface area contributed by atoms with Gasteiger partial charge in [0.15, 0.2) is 0 Å². The van der Waals surface area contributed by atoms with E-state index in [1.807, 2.05) is 24.3 Å². The summed E-state index contributed by atoms with van der Waals surface area (Å²) >= 11 is 0. The van der Waals surface area contributed by atoms with Crippen molar-refractivity contribution in [2.45, 2.75) is 25.4 Å². The third-order valence-corrected chi connectivity index (χ3v) is 5.63. The normalized spacial score (nSPS) is 21.2. The van der Waals surface area contributed by atoms with E-state index in [1.165, 1.54) is 11.1 Å². The van der Waals surface area contributed by atoms with E-state index in [1.54, 1.807) is 11.8 Å². The van der Waals surface area contributed by atoms with Crippen molar-refractivity contribution in [3.8, 4) is 5.75 Å². The van der Waals surface area contributed by atoms with E-state index >= 15 is 0 Å². The molecule has 0 radical (unpaired) electrons. The summed E-state index contributed by atoms with van der Waals surface area (Å²) in [5.41, 5.74) is 3.63. The van der Waals surface area contributed by atoms with Gasteiger partial charge < -0.3 is 19.7 Å². The highest BCUT2D eigenvalue weighted by Crippen LogP contribution is 2.37. The third kappa shape index (κ3) is 3.91. The molecular weight excluding hydrogens is 356 g/mol. The van der Waals surface area contributed by atoms with Crippen molar-refractivity contribution in [1.82, 2.24) is 20.0 Å². The Balaban J connectivity index is 1.42. The maximum absolute atomic E-state index is 12.6. The van der Waals surface area contributed by atoms with Crippen LogP contribution in [0.25, 0.3) is 0 Å². The summed E-state index contributed by atoms with van der Waals surface area (Å²) in [7, 11) is 3.57. The average Bonchev–Trinajstić information content (AvgIpc) is 3.38. The second-order valence-electron chi connectivity index (χ2n) is 7.61. The molecule has 150 valence electrons. The number of methoxy groups -OCH3 is 1. The van der Waals surface area contributed by atoms with Gasteiger partial charge in [-0.25, -0.2) is 0 Å². The van der Waals surface area contributed by atoms with Crippen LogP contribution in [-0.2, 0) is 29.5 Å². The van der Waals surface area contributed by atoms with Gasteiger partial charge in [-0.3, -0.25) is 9.48 Å². The molecule has 1 N–H and O–H groups in total. The Morgan fingerprint density at radius 2 is 2.29 bits per heavy atom. The Morgan fingerprint density at radius 1 is 1.39 bits per heavy atom. The smallest absolute Gasteiger partial charge is 0.223 e. The number of fused-ring (bicyclic) bond motifs is 1. The Hall–Kier alpha value is -2.38. The van der Waals surface area contributed by atoms with E-state index in [4.69, 9.17) is 9.47 Å². The molecule has 1 amide bonds. The molecule has 0 unspecified atom stereocenters. The van der Waals surface area contributed by atoms with Crippen molar-refractivity contribution >= 4 is 5.91 Å². The van der Waals surface area contributed by atoms with Crippen molar-refractivity contribution in [3.05, 3.63) is 47.3 Å². The van der Waals surface area contributed by atoms with Crippen molar-refractivity contribution < 1.29 is 14.3 Å². The Kier molecular flexibility index (Phi) is 5.64. The zero-order valence-corrected chi connectivity index (χ0v) is 16.6. The van der Waals surface area contributed by atoms with Crippen molar-refractivity contribution in [2.24, 2.45) is 13.0 Å². The van der Waals surface area contributed by atoms with Gasteiger partial charge in [0.05, 0.1) is 25.5 Å². The largest absolute Gasteiger partial charge is 0.493 e. The van der Waals surface area contributed by atoms with Gasteiger partial charge in [-0.05, 0) is 17.2 Å². The molecular formula is C21H28N4O3. The molecule has 0 saturated carbocycles. The molecule has 0 bridgehead atoms. The molecule has 2 aromatic rings. The Morgan fingerprint density at radius 3 is 3.07 bits per heavy atom. The number of rotatable bonds is 8. The predicted molar refractivity (Wildman–Crippen MR) is 105 cm³/mol. The fraction of sp³-hybridized carbons (Fsp3) is 0.524. The average molecular weight is 384 g/mol. The highest BCUT2D eigenvalue weighted by molar-refractivity contribution is 5.79. The van der Waals surface area contributed by atoms with E-state index in [0.29, 0.717) is 19.6 Å². The van der Waals surface area contributed by atoms with Gasteiger partial charge in [0.2, 0.25) is 5.91 Å². The highest BCUT2D eigenvalue weighted by atomic mass is 16.5. The lowest BCUT2D eigenvalue weighted by atomic mass is 9.95. The van der Waals surface area contributed by atoms with E-state index < -0.39 is 0 Å². The Bertz CT molecular complexity index is 835. The minimum absolute atomic E-state index is 0.0391. The molecule has 2 aliphatic heterocycles. The van der Waals surface area contributed by atoms with Gasteiger partial charge in [0, 0.05) is 64.3 Å². The molecule has 1 fully saturated rings. The number of nitrogens with one attached hydrogen (secondary N) is 1. The van der Waals surface area contributed by atoms with Crippen LogP contribution >= 0.6 is 0 Å². The van der Waals surface area contributed by atoms with Crippen LogP contribution in [0.5, 0.6) is 5.75 Å². The lowest BCUT2D eigenvalue weighted by Gasteiger charge is -2.27. The first kappa shape index (κ1) is 19.0. The summed E-state index contributed by atoms with van der Waals surface area (Å²) in [5.74, 6) is 1.41. The maximum Gasteiger partial charge on any atom is 0.223 e. The topological polar surface area (TPSA) is 68.6 Å². The number of amides is 1. The molecule has 0 aliphatic carbocycles. The van der Waals surface area contributed by atoms with Crippen LogP contribution < -0.4 is 10.1 Å². The SMILES string of the molecule is COCCN1C(=O)C[C@@H](CNCc2ccc3c(c2)CCO3)[C@@H]1c1cnn(C)c1. The number of likely N-dealkylation sites (tertiary alicyclic amines) is 1. The number of hydrogen-bond donors (Lipinski definition) is 1. The first-order chi connectivity index (χ1) is 13.7. The van der Waals surface area contributed by atoms with E-state index in [2.05, 4.69) is 28.6 Å². The molecule has 1 saturated heterocycles. The standard InChI is InChI=1S/C21H28N4O3/c1-24-14-18(13-23-24)21-17(10-20(26)25(21)6-8-27-2)12-22-11-15-3-4-19-16(9-15)5-7-28-19/h3-4,9,13-14,17,21-22H,5-8,10-12H2,1-2H3/t17-,21+/m0/s1. The molecule has 0 spiro atoms. The quantitative estimate of drug-likeness (QED) is 0.750. The molecule has 28 heavy (non-hydrogen) atoms. The zero-order chi connectivity index (χ0) is 19.5. The van der Waals surface area contributed by atoms with Crippen LogP contribution in [-0.4, -0.2) is 54.0 Å². The van der Waals surface area contributed by atoms with E-state index in [-0.39, 0.29) is 17.9 Å². The minimum atomic E-state index is 0.0391. The van der Waals surface area contributed by atoms with Crippen molar-refractivity contribution in [2.75, 3.05) is 33.4 Å². The molecule has 2 atom stereocenters. The summed E-state index contributed by atoms with van der Waals surface area (Å²) in [6.07, 6.45) is 5.42. The predicted octanol–water partition coefficient (Wildman–Crippen LogP) is 1.68. The van der Waals surface area contributed by atoms with Crippen molar-refractivity contribution in [1.29, 1.82) is 0 Å². The zero-order valence-electron chi connectivity index (χ0n) is 16.6. The van der Waals surface area contributed by atoms with E-state index in [9.17, 15) is 4.79 Å². The minimum Gasteiger partial charge on any atom is -0.493 e. The number of aryl methyl sites for hydroxylation is 1. The fourth-order valence-corrected chi connectivity index (χ4v) is 4.30. The van der Waals surface area contributed by atoms with Crippen molar-refractivity contribution in [3.63, 3.8) is 0 Å². The molecule has 1 aromatic carbocycles. The summed E-state index contributed by atoms with van der Waals surface area (Å²) in [4.78, 5) is 14.6. The number of benzene rings is 1. The third-order valence-electron chi connectivity index (χ3n) is 5.63. The van der Waals surface area contributed by atoms with Crippen LogP contribution in [0.15, 0.2) is 30.6 Å². The highest BCUT2D eigenvalue weighted by Gasteiger charge is 2.40. The van der Waals surface area contributed by atoms with E-state index in [0.717, 1.165) is 37.4 Å². The number of carbonyl (C=O) groups is 1. The second-order valence-corrected chi connectivity index (χ2v) is 7.61. The summed E-state index contributed by atoms with van der Waals surface area (Å²) in [5, 5.41) is 7.87. The van der Waals surface area contributed by atoms with Crippen LogP contribution in [0.1, 0.15) is 29.2 Å². The van der Waals surface area contributed by atoms with Gasteiger partial charge in [0.1, 0.15) is 5.75 Å². The monoisotopic (exact) mass is 384 g/mol. The number of carbonyl (C=O) groups excluding carboxylic acids is 1. The van der Waals surface area contributed by atoms with Crippen LogP contribution in [0, 0.1) is 5.92 Å². The first-order valence-electron chi connectivity index (χ1n) is 9.88. The fourth-order valence-electron chi connectivity index (χ4n) is 4.30. The second kappa shape index (κ2) is 8.32. The molecule has 1 aromatic heterocycles. The van der Waals surface area contributed by atoms with Gasteiger partial charge in [0.25, 0.3) is 0 Å². The van der Waals surface area contributed by atoms with Crippen LogP contribution in [0.3, 0.4) is 0 Å². The number of ether oxygens (including phenoxy) is 2. The van der Waals surface area contributed by atoms with Crippen LogP contribution in [0.2, 0.25) is 0 Å². The molecule has 7 nitrogen and oxygen atoms in total. The molecule has 4 rings (SSSR count). The maximum atomic E-state index is 12.6. The number of aromatic nitrogens is 2. The molecule has 3 heterocycles. The summed E-state index contributed by atoms with van der Waals surface area (Å²) in [6, 6.07) is 6.43. The lowest BCUT2D eigenvalue weighted by Crippen LogP contribution is -2.33.